The van der Waals surface area contributed by atoms with Crippen molar-refractivity contribution in [2.45, 2.75) is 26.7 Å². The molecule has 21 heavy (non-hydrogen) atoms. The van der Waals surface area contributed by atoms with Gasteiger partial charge in [0, 0.05) is 19.3 Å². The van der Waals surface area contributed by atoms with Crippen molar-refractivity contribution in [3.63, 3.8) is 0 Å². The van der Waals surface area contributed by atoms with Crippen LogP contribution in [0.2, 0.25) is 0 Å². The number of nitrogens with zero attached hydrogens (tertiary/aromatic N) is 1. The topological polar surface area (TPSA) is 41.6 Å². The van der Waals surface area contributed by atoms with Gasteiger partial charge < -0.3 is 15.0 Å². The molecule has 1 amide bonds. The van der Waals surface area contributed by atoms with Crippen molar-refractivity contribution in [1.82, 2.24) is 5.32 Å². The Labute approximate surface area is 127 Å². The lowest BCUT2D eigenvalue weighted by Crippen LogP contribution is -2.51. The number of piperidine rings is 1. The zero-order valence-electron chi connectivity index (χ0n) is 13.3. The van der Waals surface area contributed by atoms with E-state index >= 15 is 0 Å². The van der Waals surface area contributed by atoms with Gasteiger partial charge in [0.15, 0.2) is 0 Å². The lowest BCUT2D eigenvalue weighted by molar-refractivity contribution is -0.133. The molecule has 0 atom stereocenters. The van der Waals surface area contributed by atoms with Crippen LogP contribution in [0.3, 0.4) is 0 Å². The molecule has 0 bridgehead atoms. The van der Waals surface area contributed by atoms with Gasteiger partial charge in [-0.25, -0.2) is 0 Å². The normalized spacial score (nSPS) is 17.5. The number of hydrogen-bond acceptors (Lipinski definition) is 3. The van der Waals surface area contributed by atoms with Gasteiger partial charge in [-0.15, -0.1) is 0 Å². The molecule has 0 aromatic heterocycles. The molecule has 1 aromatic carbocycles. The Balaban J connectivity index is 2.26. The molecule has 2 rings (SSSR count). The number of amides is 1. The van der Waals surface area contributed by atoms with Gasteiger partial charge in [0.25, 0.3) is 0 Å². The van der Waals surface area contributed by atoms with E-state index in [2.05, 4.69) is 24.4 Å². The molecule has 0 aliphatic carbocycles. The molecule has 1 fully saturated rings. The number of carbonyl (C=O) groups excluding carboxylic acids is 1. The third-order valence-corrected chi connectivity index (χ3v) is 4.34. The minimum Gasteiger partial charge on any atom is -0.384 e. The summed E-state index contributed by atoms with van der Waals surface area (Å²) >= 11 is 0. The summed E-state index contributed by atoms with van der Waals surface area (Å²) in [6.07, 6.45) is 1.67. The molecular weight excluding hydrogens is 264 g/mol. The maximum atomic E-state index is 13.1. The Hall–Kier alpha value is -1.39. The van der Waals surface area contributed by atoms with E-state index in [0.29, 0.717) is 13.2 Å². The molecule has 1 saturated heterocycles. The molecule has 0 unspecified atom stereocenters. The standard InChI is InChI=1S/C17H26N2O2/c1-4-19(15-7-5-14(2)6-8-15)16(20)17(13-21-3)9-11-18-12-10-17/h5-8,18H,4,9-13H2,1-3H3. The van der Waals surface area contributed by atoms with Crippen molar-refractivity contribution in [1.29, 1.82) is 0 Å². The van der Waals surface area contributed by atoms with E-state index in [1.54, 1.807) is 7.11 Å². The minimum absolute atomic E-state index is 0.192. The van der Waals surface area contributed by atoms with E-state index < -0.39 is 0 Å². The van der Waals surface area contributed by atoms with E-state index in [1.165, 1.54) is 5.56 Å². The van der Waals surface area contributed by atoms with Gasteiger partial charge >= 0.3 is 0 Å². The van der Waals surface area contributed by atoms with Crippen LogP contribution in [-0.2, 0) is 9.53 Å². The summed E-state index contributed by atoms with van der Waals surface area (Å²) in [5.41, 5.74) is 1.79. The molecule has 116 valence electrons. The third-order valence-electron chi connectivity index (χ3n) is 4.34. The average Bonchev–Trinajstić information content (AvgIpc) is 2.51. The lowest BCUT2D eigenvalue weighted by atomic mass is 9.78. The fourth-order valence-electron chi connectivity index (χ4n) is 3.06. The van der Waals surface area contributed by atoms with Crippen molar-refractivity contribution in [2.75, 3.05) is 38.3 Å². The van der Waals surface area contributed by atoms with Crippen LogP contribution in [0.25, 0.3) is 0 Å². The number of ether oxygens (including phenoxy) is 1. The number of methoxy groups -OCH3 is 1. The third kappa shape index (κ3) is 3.44. The highest BCUT2D eigenvalue weighted by Crippen LogP contribution is 2.33. The van der Waals surface area contributed by atoms with Gasteiger partial charge in [-0.1, -0.05) is 17.7 Å². The molecule has 1 aliphatic heterocycles. The Bertz CT molecular complexity index is 459. The SMILES string of the molecule is CCN(C(=O)C1(COC)CCNCC1)c1ccc(C)cc1. The first-order valence-electron chi connectivity index (χ1n) is 7.71. The van der Waals surface area contributed by atoms with Crippen LogP contribution in [0.1, 0.15) is 25.3 Å². The van der Waals surface area contributed by atoms with E-state index in [9.17, 15) is 4.79 Å². The number of carbonyl (C=O) groups is 1. The lowest BCUT2D eigenvalue weighted by Gasteiger charge is -2.39. The zero-order valence-corrected chi connectivity index (χ0v) is 13.3. The number of hydrogen-bond donors (Lipinski definition) is 1. The second-order valence-electron chi connectivity index (χ2n) is 5.85. The minimum atomic E-state index is -0.388. The summed E-state index contributed by atoms with van der Waals surface area (Å²) in [6.45, 7) is 7.01. The Kier molecular flexibility index (Phi) is 5.37. The number of nitrogens with one attached hydrogen (secondary N) is 1. The number of benzene rings is 1. The smallest absolute Gasteiger partial charge is 0.235 e. The summed E-state index contributed by atoms with van der Waals surface area (Å²) in [5.74, 6) is 0.192. The van der Waals surface area contributed by atoms with Crippen LogP contribution in [0.5, 0.6) is 0 Å². The van der Waals surface area contributed by atoms with Crippen molar-refractivity contribution in [3.05, 3.63) is 29.8 Å². The molecule has 0 spiro atoms. The van der Waals surface area contributed by atoms with E-state index in [-0.39, 0.29) is 11.3 Å². The Morgan fingerprint density at radius 1 is 1.29 bits per heavy atom. The van der Waals surface area contributed by atoms with Crippen LogP contribution in [-0.4, -0.2) is 39.3 Å². The van der Waals surface area contributed by atoms with Crippen molar-refractivity contribution in [2.24, 2.45) is 5.41 Å². The molecule has 4 heteroatoms. The predicted octanol–water partition coefficient (Wildman–Crippen LogP) is 2.36. The fraction of sp³-hybridized carbons (Fsp3) is 0.588. The second-order valence-corrected chi connectivity index (χ2v) is 5.85. The van der Waals surface area contributed by atoms with Gasteiger partial charge in [-0.2, -0.15) is 0 Å². The highest BCUT2D eigenvalue weighted by molar-refractivity contribution is 5.97. The van der Waals surface area contributed by atoms with E-state index in [0.717, 1.165) is 31.6 Å². The summed E-state index contributed by atoms with van der Waals surface area (Å²) in [5, 5.41) is 3.33. The number of aryl methyl sites for hydroxylation is 1. The highest BCUT2D eigenvalue weighted by Gasteiger charge is 2.42. The number of anilines is 1. The second kappa shape index (κ2) is 7.05. The Morgan fingerprint density at radius 2 is 1.90 bits per heavy atom. The average molecular weight is 290 g/mol. The molecule has 0 radical (unpaired) electrons. The molecule has 1 aliphatic rings. The van der Waals surface area contributed by atoms with Gasteiger partial charge in [0.1, 0.15) is 0 Å². The van der Waals surface area contributed by atoms with Gasteiger partial charge in [0.05, 0.1) is 12.0 Å². The molecule has 4 nitrogen and oxygen atoms in total. The van der Waals surface area contributed by atoms with Crippen molar-refractivity contribution in [3.8, 4) is 0 Å². The van der Waals surface area contributed by atoms with Gasteiger partial charge in [0.2, 0.25) is 5.91 Å². The maximum absolute atomic E-state index is 13.1. The van der Waals surface area contributed by atoms with Crippen molar-refractivity contribution >= 4 is 11.6 Å². The first-order chi connectivity index (χ1) is 10.1. The van der Waals surface area contributed by atoms with Crippen LogP contribution in [0, 0.1) is 12.3 Å². The van der Waals surface area contributed by atoms with Gasteiger partial charge in [-0.05, 0) is 51.9 Å². The summed E-state index contributed by atoms with van der Waals surface area (Å²) in [4.78, 5) is 15.0. The monoisotopic (exact) mass is 290 g/mol. The molecular formula is C17H26N2O2. The van der Waals surface area contributed by atoms with Crippen LogP contribution >= 0.6 is 0 Å². The van der Waals surface area contributed by atoms with Crippen LogP contribution in [0.4, 0.5) is 5.69 Å². The summed E-state index contributed by atoms with van der Waals surface area (Å²) in [7, 11) is 1.68. The molecule has 1 aromatic rings. The van der Waals surface area contributed by atoms with Gasteiger partial charge in [-0.3, -0.25) is 4.79 Å². The first kappa shape index (κ1) is 16.0. The summed E-state index contributed by atoms with van der Waals surface area (Å²) < 4.78 is 5.38. The molecule has 0 saturated carbocycles. The maximum Gasteiger partial charge on any atom is 0.235 e. The zero-order chi connectivity index (χ0) is 15.3. The van der Waals surface area contributed by atoms with Crippen molar-refractivity contribution < 1.29 is 9.53 Å². The van der Waals surface area contributed by atoms with E-state index in [1.807, 2.05) is 24.0 Å². The molecule has 1 heterocycles. The largest absolute Gasteiger partial charge is 0.384 e. The van der Waals surface area contributed by atoms with Crippen LogP contribution in [0.15, 0.2) is 24.3 Å². The molecule has 1 N–H and O–H groups in total. The highest BCUT2D eigenvalue weighted by atomic mass is 16.5. The summed E-state index contributed by atoms with van der Waals surface area (Å²) in [6, 6.07) is 8.16. The predicted molar refractivity (Wildman–Crippen MR) is 85.6 cm³/mol. The Morgan fingerprint density at radius 3 is 2.43 bits per heavy atom. The van der Waals surface area contributed by atoms with Crippen LogP contribution < -0.4 is 10.2 Å². The quantitative estimate of drug-likeness (QED) is 0.905. The fourth-order valence-corrected chi connectivity index (χ4v) is 3.06. The first-order valence-corrected chi connectivity index (χ1v) is 7.71. The van der Waals surface area contributed by atoms with E-state index in [4.69, 9.17) is 4.74 Å². The number of rotatable bonds is 5.